The van der Waals surface area contributed by atoms with E-state index < -0.39 is 58.8 Å². The van der Waals surface area contributed by atoms with Crippen LogP contribution < -0.4 is 15.7 Å². The van der Waals surface area contributed by atoms with Gasteiger partial charge in [-0.25, -0.2) is 22.4 Å². The molecule has 0 bridgehead atoms. The third-order valence-corrected chi connectivity index (χ3v) is 3.78. The van der Waals surface area contributed by atoms with Crippen molar-refractivity contribution in [2.45, 2.75) is 6.54 Å². The molecule has 3 aromatic rings. The second kappa shape index (κ2) is 7.86. The zero-order valence-electron chi connectivity index (χ0n) is 14.1. The van der Waals surface area contributed by atoms with E-state index in [0.717, 1.165) is 18.2 Å². The van der Waals surface area contributed by atoms with E-state index in [9.17, 15) is 35.9 Å². The van der Waals surface area contributed by atoms with Crippen molar-refractivity contribution in [3.63, 3.8) is 0 Å². The molecule has 0 saturated heterocycles. The normalized spacial score (nSPS) is 11.0. The van der Waals surface area contributed by atoms with Crippen molar-refractivity contribution >= 4 is 16.9 Å². The summed E-state index contributed by atoms with van der Waals surface area (Å²) in [6.07, 6.45) is 0. The Labute approximate surface area is 157 Å². The minimum absolute atomic E-state index is 0.0563. The summed E-state index contributed by atoms with van der Waals surface area (Å²) in [4.78, 5) is 23.3. The maximum absolute atomic E-state index is 13.5. The minimum atomic E-state index is -2.36. The van der Waals surface area contributed by atoms with Crippen LogP contribution in [0.5, 0.6) is 5.75 Å². The number of amides is 1. The molecule has 0 unspecified atom stereocenters. The lowest BCUT2D eigenvalue weighted by Crippen LogP contribution is -2.29. The van der Waals surface area contributed by atoms with Gasteiger partial charge in [0.15, 0.2) is 12.4 Å². The second-order valence-electron chi connectivity index (χ2n) is 5.70. The summed E-state index contributed by atoms with van der Waals surface area (Å²) >= 11 is 0. The fourth-order valence-electron chi connectivity index (χ4n) is 2.44. The molecule has 0 saturated carbocycles. The van der Waals surface area contributed by atoms with Crippen LogP contribution in [-0.2, 0) is 11.3 Å². The Morgan fingerprint density at radius 1 is 0.931 bits per heavy atom. The highest BCUT2D eigenvalue weighted by Gasteiger charge is 2.27. The van der Waals surface area contributed by atoms with Crippen LogP contribution in [0.2, 0.25) is 0 Å². The Morgan fingerprint density at radius 3 is 2.21 bits per heavy atom. The van der Waals surface area contributed by atoms with Gasteiger partial charge in [0.05, 0.1) is 0 Å². The summed E-state index contributed by atoms with van der Waals surface area (Å²) in [7, 11) is 0. The van der Waals surface area contributed by atoms with Gasteiger partial charge < -0.3 is 14.5 Å². The topological polar surface area (TPSA) is 68.5 Å². The summed E-state index contributed by atoms with van der Waals surface area (Å²) < 4.78 is 88.9. The van der Waals surface area contributed by atoms with Gasteiger partial charge >= 0.3 is 5.63 Å². The quantitative estimate of drug-likeness (QED) is 0.299. The molecule has 0 spiro atoms. The lowest BCUT2D eigenvalue weighted by atomic mass is 10.1. The zero-order valence-corrected chi connectivity index (χ0v) is 14.1. The molecule has 0 aliphatic heterocycles. The Kier molecular flexibility index (Phi) is 5.48. The number of halogens is 6. The molecule has 11 heteroatoms. The van der Waals surface area contributed by atoms with Crippen molar-refractivity contribution in [1.82, 2.24) is 5.32 Å². The molecule has 1 heterocycles. The van der Waals surface area contributed by atoms with Crippen LogP contribution in [0.15, 0.2) is 33.5 Å². The van der Waals surface area contributed by atoms with Gasteiger partial charge in [0.1, 0.15) is 11.4 Å². The average Bonchev–Trinajstić information content (AvgIpc) is 2.69. The maximum Gasteiger partial charge on any atom is 0.336 e. The van der Waals surface area contributed by atoms with Crippen LogP contribution in [0.3, 0.4) is 0 Å². The third-order valence-electron chi connectivity index (χ3n) is 3.78. The molecule has 1 aromatic heterocycles. The van der Waals surface area contributed by atoms with Gasteiger partial charge in [0, 0.05) is 18.0 Å². The first-order valence-electron chi connectivity index (χ1n) is 7.82. The van der Waals surface area contributed by atoms with Crippen molar-refractivity contribution in [2.75, 3.05) is 6.61 Å². The largest absolute Gasteiger partial charge is 0.477 e. The summed E-state index contributed by atoms with van der Waals surface area (Å²) in [6.45, 7) is -1.42. The number of carbonyl (C=O) groups excluding carboxylic acids is 1. The van der Waals surface area contributed by atoms with Crippen molar-refractivity contribution in [2.24, 2.45) is 0 Å². The van der Waals surface area contributed by atoms with Crippen LogP contribution in [0.1, 0.15) is 5.56 Å². The van der Waals surface area contributed by atoms with Crippen LogP contribution in [0.4, 0.5) is 26.3 Å². The number of hydrogen-bond donors (Lipinski definition) is 1. The lowest BCUT2D eigenvalue weighted by molar-refractivity contribution is -0.123. The smallest absolute Gasteiger partial charge is 0.336 e. The van der Waals surface area contributed by atoms with E-state index in [1.165, 1.54) is 6.07 Å². The molecule has 0 aliphatic carbocycles. The number of ether oxygens (including phenoxy) is 1. The Balaban J connectivity index is 1.73. The van der Waals surface area contributed by atoms with Gasteiger partial charge in [-0.3, -0.25) is 4.79 Å². The van der Waals surface area contributed by atoms with Gasteiger partial charge in [-0.1, -0.05) is 0 Å². The van der Waals surface area contributed by atoms with E-state index in [1.54, 1.807) is 0 Å². The SMILES string of the molecule is O=C(COc1c(F)c(F)c(F)c(F)c1F)NCc1cc(=O)oc2ccc(F)cc12. The predicted molar refractivity (Wildman–Crippen MR) is 86.0 cm³/mol. The molecule has 5 nitrogen and oxygen atoms in total. The molecule has 3 rings (SSSR count). The third kappa shape index (κ3) is 4.03. The summed E-state index contributed by atoms with van der Waals surface area (Å²) in [5, 5.41) is 2.40. The van der Waals surface area contributed by atoms with Gasteiger partial charge in [0.25, 0.3) is 5.91 Å². The highest BCUT2D eigenvalue weighted by Crippen LogP contribution is 2.29. The molecule has 1 amide bonds. The Bertz CT molecular complexity index is 1150. The van der Waals surface area contributed by atoms with Crippen molar-refractivity contribution in [3.8, 4) is 5.75 Å². The van der Waals surface area contributed by atoms with Crippen LogP contribution in [0, 0.1) is 34.9 Å². The summed E-state index contributed by atoms with van der Waals surface area (Å²) in [6, 6.07) is 4.33. The minimum Gasteiger partial charge on any atom is -0.477 e. The van der Waals surface area contributed by atoms with E-state index in [1.807, 2.05) is 0 Å². The fraction of sp³-hybridized carbons (Fsp3) is 0.111. The molecule has 152 valence electrons. The number of fused-ring (bicyclic) bond motifs is 1. The summed E-state index contributed by atoms with van der Waals surface area (Å²) in [5.74, 6) is -14.5. The monoisotopic (exact) mass is 417 g/mol. The highest BCUT2D eigenvalue weighted by molar-refractivity contribution is 5.82. The van der Waals surface area contributed by atoms with Gasteiger partial charge in [-0.05, 0) is 23.8 Å². The predicted octanol–water partition coefficient (Wildman–Crippen LogP) is 3.32. The van der Waals surface area contributed by atoms with E-state index in [-0.39, 0.29) is 23.1 Å². The molecule has 1 N–H and O–H groups in total. The van der Waals surface area contributed by atoms with Gasteiger partial charge in [-0.15, -0.1) is 0 Å². The van der Waals surface area contributed by atoms with E-state index >= 15 is 0 Å². The lowest BCUT2D eigenvalue weighted by Gasteiger charge is -2.11. The molecule has 0 radical (unpaired) electrons. The van der Waals surface area contributed by atoms with E-state index in [2.05, 4.69) is 10.1 Å². The standard InChI is InChI=1S/C18H9F6NO4/c19-8-1-2-10-9(4-8)7(3-12(27)29-10)5-25-11(26)6-28-18-16(23)14(21)13(20)15(22)17(18)24/h1-4H,5-6H2,(H,25,26). The van der Waals surface area contributed by atoms with Crippen LogP contribution >= 0.6 is 0 Å². The van der Waals surface area contributed by atoms with Crippen LogP contribution in [-0.4, -0.2) is 12.5 Å². The molecular weight excluding hydrogens is 408 g/mol. The van der Waals surface area contributed by atoms with E-state index in [4.69, 9.17) is 4.42 Å². The first kappa shape index (κ1) is 20.2. The molecular formula is C18H9F6NO4. The molecule has 2 aromatic carbocycles. The molecule has 29 heavy (non-hydrogen) atoms. The van der Waals surface area contributed by atoms with Gasteiger partial charge in [0.2, 0.25) is 29.1 Å². The zero-order chi connectivity index (χ0) is 21.3. The Hall–Kier alpha value is -3.50. The van der Waals surface area contributed by atoms with Crippen molar-refractivity contribution in [3.05, 3.63) is 75.2 Å². The average molecular weight is 417 g/mol. The molecule has 0 aliphatic rings. The number of nitrogens with one attached hydrogen (secondary N) is 1. The van der Waals surface area contributed by atoms with E-state index in [0.29, 0.717) is 0 Å². The van der Waals surface area contributed by atoms with Crippen LogP contribution in [0.25, 0.3) is 11.0 Å². The first-order chi connectivity index (χ1) is 13.7. The Morgan fingerprint density at radius 2 is 1.55 bits per heavy atom. The highest BCUT2D eigenvalue weighted by atomic mass is 19.2. The van der Waals surface area contributed by atoms with Gasteiger partial charge in [-0.2, -0.15) is 8.78 Å². The molecule has 0 fully saturated rings. The number of benzene rings is 2. The number of carbonyl (C=O) groups is 1. The first-order valence-corrected chi connectivity index (χ1v) is 7.82. The molecule has 0 atom stereocenters. The van der Waals surface area contributed by atoms with Crippen molar-refractivity contribution < 1.29 is 40.3 Å². The number of rotatable bonds is 5. The number of hydrogen-bond acceptors (Lipinski definition) is 4. The maximum atomic E-state index is 13.5. The second-order valence-corrected chi connectivity index (χ2v) is 5.70. The van der Waals surface area contributed by atoms with Crippen molar-refractivity contribution in [1.29, 1.82) is 0 Å². The fourth-order valence-corrected chi connectivity index (χ4v) is 2.44. The summed E-state index contributed by atoms with van der Waals surface area (Å²) in [5.41, 5.74) is -0.549.